The summed E-state index contributed by atoms with van der Waals surface area (Å²) in [6.07, 6.45) is 1.27. The molecule has 14 heavy (non-hydrogen) atoms. The van der Waals surface area contributed by atoms with E-state index in [4.69, 9.17) is 5.26 Å². The molecule has 0 amide bonds. The van der Waals surface area contributed by atoms with Gasteiger partial charge in [-0.3, -0.25) is 0 Å². The average Bonchev–Trinajstić information content (AvgIpc) is 2.21. The summed E-state index contributed by atoms with van der Waals surface area (Å²) in [6, 6.07) is 9.87. The first-order chi connectivity index (χ1) is 6.86. The Kier molecular flexibility index (Phi) is 4.69. The second kappa shape index (κ2) is 6.13. The van der Waals surface area contributed by atoms with Crippen LogP contribution in [0, 0.1) is 23.2 Å². The number of rotatable bonds is 2. The zero-order valence-electron chi connectivity index (χ0n) is 7.83. The van der Waals surface area contributed by atoms with Crippen LogP contribution in [0.15, 0.2) is 24.3 Å². The fourth-order valence-corrected chi connectivity index (χ4v) is 1.13. The van der Waals surface area contributed by atoms with Crippen LogP contribution in [0.4, 0.5) is 0 Å². The number of nitrogens with zero attached hydrogens (tertiary/aromatic N) is 1. The van der Waals surface area contributed by atoms with E-state index in [1.165, 1.54) is 0 Å². The van der Waals surface area contributed by atoms with Gasteiger partial charge in [-0.15, -0.1) is 0 Å². The largest absolute Gasteiger partial charge is 0.198 e. The number of benzene rings is 1. The number of thiol groups is 1. The molecule has 0 heterocycles. The van der Waals surface area contributed by atoms with E-state index in [1.807, 2.05) is 24.3 Å². The maximum atomic E-state index is 8.48. The van der Waals surface area contributed by atoms with Crippen LogP contribution in [0.25, 0.3) is 0 Å². The molecule has 0 aliphatic rings. The maximum absolute atomic E-state index is 8.48. The monoisotopic (exact) mass is 201 g/mol. The third-order valence-corrected chi connectivity index (χ3v) is 1.93. The Bertz CT molecular complexity index is 376. The molecule has 1 aromatic carbocycles. The van der Waals surface area contributed by atoms with Gasteiger partial charge in [-0.25, -0.2) is 0 Å². The van der Waals surface area contributed by atoms with E-state index in [1.54, 1.807) is 0 Å². The van der Waals surface area contributed by atoms with Crippen molar-refractivity contribution in [1.29, 1.82) is 5.26 Å². The smallest absolute Gasteiger partial charge is 0.0669 e. The number of nitriles is 1. The van der Waals surface area contributed by atoms with Crippen LogP contribution in [-0.4, -0.2) is 5.75 Å². The van der Waals surface area contributed by atoms with Gasteiger partial charge in [-0.05, 0) is 17.7 Å². The Labute approximate surface area is 90.2 Å². The molecule has 70 valence electrons. The van der Waals surface area contributed by atoms with Gasteiger partial charge < -0.3 is 0 Å². The molecule has 0 aromatic heterocycles. The van der Waals surface area contributed by atoms with Crippen LogP contribution in [0.1, 0.15) is 17.5 Å². The minimum atomic E-state index is 0.463. The molecule has 2 heteroatoms. The van der Waals surface area contributed by atoms with Crippen LogP contribution in [0.5, 0.6) is 0 Å². The molecule has 0 fully saturated rings. The highest BCUT2D eigenvalue weighted by Crippen LogP contribution is 2.03. The average molecular weight is 201 g/mol. The highest BCUT2D eigenvalue weighted by atomic mass is 32.1. The fourth-order valence-electron chi connectivity index (χ4n) is 1.02. The first-order valence-electron chi connectivity index (χ1n) is 4.42. The minimum absolute atomic E-state index is 0.463. The highest BCUT2D eigenvalue weighted by molar-refractivity contribution is 7.80. The molecular weight excluding hydrogens is 190 g/mol. The predicted octanol–water partition coefficient (Wildman–Crippen LogP) is 2.42. The maximum Gasteiger partial charge on any atom is 0.0669 e. The van der Waals surface area contributed by atoms with Gasteiger partial charge >= 0.3 is 0 Å². The van der Waals surface area contributed by atoms with E-state index in [2.05, 4.69) is 30.5 Å². The zero-order valence-corrected chi connectivity index (χ0v) is 8.72. The van der Waals surface area contributed by atoms with Crippen LogP contribution in [0.3, 0.4) is 0 Å². The Hall–Kier alpha value is -1.38. The van der Waals surface area contributed by atoms with E-state index >= 15 is 0 Å². The van der Waals surface area contributed by atoms with Crippen LogP contribution in [0.2, 0.25) is 0 Å². The van der Waals surface area contributed by atoms with Gasteiger partial charge in [0.1, 0.15) is 0 Å². The van der Waals surface area contributed by atoms with Gasteiger partial charge in [-0.2, -0.15) is 17.9 Å². The fraction of sp³-hybridized carbons (Fsp3) is 0.250. The van der Waals surface area contributed by atoms with Crippen molar-refractivity contribution in [1.82, 2.24) is 0 Å². The van der Waals surface area contributed by atoms with Crippen molar-refractivity contribution in [3.8, 4) is 17.9 Å². The van der Waals surface area contributed by atoms with E-state index in [0.29, 0.717) is 6.42 Å². The molecule has 1 aromatic rings. The molecule has 0 unspecified atom stereocenters. The molecule has 0 aliphatic heterocycles. The molecule has 0 bridgehead atoms. The summed E-state index contributed by atoms with van der Waals surface area (Å²) < 4.78 is 0. The lowest BCUT2D eigenvalue weighted by Crippen LogP contribution is -1.81. The van der Waals surface area contributed by atoms with Crippen LogP contribution in [-0.2, 0) is 6.42 Å². The summed E-state index contributed by atoms with van der Waals surface area (Å²) in [6.45, 7) is 0. The molecule has 1 rings (SSSR count). The van der Waals surface area contributed by atoms with Gasteiger partial charge in [0.15, 0.2) is 0 Å². The van der Waals surface area contributed by atoms with Crippen molar-refractivity contribution >= 4 is 12.6 Å². The molecule has 0 saturated heterocycles. The van der Waals surface area contributed by atoms with Crippen molar-refractivity contribution in [3.05, 3.63) is 35.4 Å². The molecule has 0 N–H and O–H groups in total. The Morgan fingerprint density at radius 3 is 2.50 bits per heavy atom. The summed E-state index contributed by atoms with van der Waals surface area (Å²) in [5.41, 5.74) is 2.03. The van der Waals surface area contributed by atoms with Crippen molar-refractivity contribution in [3.63, 3.8) is 0 Å². The lowest BCUT2D eigenvalue weighted by atomic mass is 10.1. The standard InChI is InChI=1S/C12H11NS/c13-9-8-12-6-4-11(5-7-12)3-1-2-10-14/h4-7,14H,2,8,10H2. The second-order valence-corrected chi connectivity index (χ2v) is 3.25. The molecule has 0 saturated carbocycles. The lowest BCUT2D eigenvalue weighted by molar-refractivity contribution is 1.26. The topological polar surface area (TPSA) is 23.8 Å². The summed E-state index contributed by atoms with van der Waals surface area (Å²) in [7, 11) is 0. The number of hydrogen-bond acceptors (Lipinski definition) is 2. The van der Waals surface area contributed by atoms with Gasteiger partial charge in [0.2, 0.25) is 0 Å². The highest BCUT2D eigenvalue weighted by Gasteiger charge is 1.90. The Morgan fingerprint density at radius 1 is 1.21 bits per heavy atom. The summed E-state index contributed by atoms with van der Waals surface area (Å²) in [5, 5.41) is 8.48. The molecular formula is C12H11NS. The van der Waals surface area contributed by atoms with Gasteiger partial charge in [0, 0.05) is 17.7 Å². The van der Waals surface area contributed by atoms with Crippen LogP contribution < -0.4 is 0 Å². The van der Waals surface area contributed by atoms with Gasteiger partial charge in [0.25, 0.3) is 0 Å². The van der Waals surface area contributed by atoms with Crippen LogP contribution >= 0.6 is 12.6 Å². The molecule has 0 aliphatic carbocycles. The summed E-state index contributed by atoms with van der Waals surface area (Å²) >= 11 is 4.07. The van der Waals surface area contributed by atoms with E-state index in [9.17, 15) is 0 Å². The molecule has 0 radical (unpaired) electrons. The summed E-state index contributed by atoms with van der Waals surface area (Å²) in [5.74, 6) is 6.84. The third kappa shape index (κ3) is 3.56. The van der Waals surface area contributed by atoms with Crippen molar-refractivity contribution in [2.24, 2.45) is 0 Å². The third-order valence-electron chi connectivity index (χ3n) is 1.71. The normalized spacial score (nSPS) is 8.57. The predicted molar refractivity (Wildman–Crippen MR) is 61.1 cm³/mol. The van der Waals surface area contributed by atoms with Crippen molar-refractivity contribution in [2.75, 3.05) is 5.75 Å². The Morgan fingerprint density at radius 2 is 1.93 bits per heavy atom. The van der Waals surface area contributed by atoms with E-state index in [-0.39, 0.29) is 0 Å². The zero-order chi connectivity index (χ0) is 10.2. The van der Waals surface area contributed by atoms with E-state index < -0.39 is 0 Å². The van der Waals surface area contributed by atoms with E-state index in [0.717, 1.165) is 23.3 Å². The lowest BCUT2D eigenvalue weighted by Gasteiger charge is -1.93. The van der Waals surface area contributed by atoms with Gasteiger partial charge in [-0.1, -0.05) is 24.0 Å². The quantitative estimate of drug-likeness (QED) is 0.576. The summed E-state index contributed by atoms with van der Waals surface area (Å²) in [4.78, 5) is 0. The molecule has 0 spiro atoms. The SMILES string of the molecule is N#CCc1ccc(C#CCCS)cc1. The minimum Gasteiger partial charge on any atom is -0.198 e. The molecule has 1 nitrogen and oxygen atoms in total. The Balaban J connectivity index is 2.66. The van der Waals surface area contributed by atoms with Crippen molar-refractivity contribution < 1.29 is 0 Å². The van der Waals surface area contributed by atoms with Crippen molar-refractivity contribution in [2.45, 2.75) is 12.8 Å². The number of hydrogen-bond donors (Lipinski definition) is 1. The first kappa shape index (κ1) is 10.7. The van der Waals surface area contributed by atoms with Gasteiger partial charge in [0.05, 0.1) is 12.5 Å². The second-order valence-electron chi connectivity index (χ2n) is 2.81. The molecule has 0 atom stereocenters. The first-order valence-corrected chi connectivity index (χ1v) is 5.05.